The van der Waals surface area contributed by atoms with E-state index in [-0.39, 0.29) is 13.0 Å². The molecule has 86 valence electrons. The number of carbonyl (C=O) groups excluding carboxylic acids is 1. The number of esters is 1. The minimum Gasteiger partial charge on any atom is -0.481 e. The highest BCUT2D eigenvalue weighted by molar-refractivity contribution is 5.94. The largest absolute Gasteiger partial charge is 0.481 e. The van der Waals surface area contributed by atoms with Crippen LogP contribution in [0.2, 0.25) is 0 Å². The van der Waals surface area contributed by atoms with Crippen molar-refractivity contribution in [2.45, 2.75) is 13.3 Å². The van der Waals surface area contributed by atoms with Gasteiger partial charge in [0.15, 0.2) is 5.92 Å². The Morgan fingerprint density at radius 2 is 2.06 bits per heavy atom. The van der Waals surface area contributed by atoms with Crippen LogP contribution in [-0.4, -0.2) is 33.6 Å². The molecule has 6 nitrogen and oxygen atoms in total. The van der Waals surface area contributed by atoms with Crippen molar-refractivity contribution in [2.75, 3.05) is 6.61 Å². The van der Waals surface area contributed by atoms with Crippen LogP contribution in [0.15, 0.2) is 18.5 Å². The Kier molecular flexibility index (Phi) is 4.38. The Morgan fingerprint density at radius 3 is 2.56 bits per heavy atom. The highest BCUT2D eigenvalue weighted by atomic mass is 16.5. The van der Waals surface area contributed by atoms with Gasteiger partial charge in [-0.25, -0.2) is 9.97 Å². The van der Waals surface area contributed by atoms with Gasteiger partial charge in [0.25, 0.3) is 0 Å². The third-order valence-electron chi connectivity index (χ3n) is 1.88. The van der Waals surface area contributed by atoms with E-state index < -0.39 is 17.9 Å². The fourth-order valence-electron chi connectivity index (χ4n) is 1.13. The number of nitrogens with zero attached hydrogens (tertiary/aromatic N) is 2. The van der Waals surface area contributed by atoms with Gasteiger partial charge in [-0.1, -0.05) is 0 Å². The molecule has 0 saturated carbocycles. The lowest BCUT2D eigenvalue weighted by molar-refractivity contribution is -0.158. The predicted octanol–water partition coefficient (Wildman–Crippen LogP) is 0.283. The van der Waals surface area contributed by atoms with Gasteiger partial charge in [0.2, 0.25) is 0 Å². The minimum absolute atomic E-state index is 0.0605. The molecule has 0 aliphatic heterocycles. The third-order valence-corrected chi connectivity index (χ3v) is 1.88. The van der Waals surface area contributed by atoms with Gasteiger partial charge in [-0.3, -0.25) is 9.59 Å². The molecule has 0 aromatic carbocycles. The highest BCUT2D eigenvalue weighted by Gasteiger charge is 2.28. The molecule has 1 aromatic heterocycles. The molecular formula is C10H12N2O4. The van der Waals surface area contributed by atoms with E-state index in [2.05, 4.69) is 14.7 Å². The van der Waals surface area contributed by atoms with Crippen molar-refractivity contribution in [3.8, 4) is 0 Å². The van der Waals surface area contributed by atoms with Gasteiger partial charge in [0, 0.05) is 18.8 Å². The lowest BCUT2D eigenvalue weighted by Gasteiger charge is -2.09. The van der Waals surface area contributed by atoms with Crippen molar-refractivity contribution < 1.29 is 19.4 Å². The first-order valence-electron chi connectivity index (χ1n) is 4.80. The summed E-state index contributed by atoms with van der Waals surface area (Å²) in [5.41, 5.74) is 0. The van der Waals surface area contributed by atoms with E-state index in [1.807, 2.05) is 0 Å². The first-order valence-corrected chi connectivity index (χ1v) is 4.80. The van der Waals surface area contributed by atoms with Gasteiger partial charge >= 0.3 is 11.9 Å². The Hall–Kier alpha value is -1.98. The number of hydrogen-bond acceptors (Lipinski definition) is 5. The summed E-state index contributed by atoms with van der Waals surface area (Å²) >= 11 is 0. The predicted molar refractivity (Wildman–Crippen MR) is 53.5 cm³/mol. The number of rotatable bonds is 5. The van der Waals surface area contributed by atoms with E-state index in [1.54, 1.807) is 13.0 Å². The molecule has 1 rings (SSSR count). The highest BCUT2D eigenvalue weighted by Crippen LogP contribution is 2.07. The normalized spacial score (nSPS) is 11.8. The molecule has 6 heteroatoms. The van der Waals surface area contributed by atoms with Crippen LogP contribution in [0.1, 0.15) is 12.7 Å². The van der Waals surface area contributed by atoms with Gasteiger partial charge in [0.05, 0.1) is 6.61 Å². The molecule has 0 fully saturated rings. The van der Waals surface area contributed by atoms with E-state index in [0.717, 1.165) is 0 Å². The summed E-state index contributed by atoms with van der Waals surface area (Å²) < 4.78 is 4.66. The maximum Gasteiger partial charge on any atom is 0.320 e. The summed E-state index contributed by atoms with van der Waals surface area (Å²) in [5, 5.41) is 8.88. The molecule has 1 N–H and O–H groups in total. The number of carboxylic acids is 1. The summed E-state index contributed by atoms with van der Waals surface area (Å²) in [6.45, 7) is 1.77. The molecule has 0 spiro atoms. The van der Waals surface area contributed by atoms with Gasteiger partial charge in [-0.05, 0) is 13.0 Å². The van der Waals surface area contributed by atoms with Crippen LogP contribution in [0.25, 0.3) is 0 Å². The molecule has 0 aliphatic carbocycles. The van der Waals surface area contributed by atoms with Crippen LogP contribution in [0.4, 0.5) is 0 Å². The molecular weight excluding hydrogens is 212 g/mol. The number of aliphatic carboxylic acids is 1. The Balaban J connectivity index is 2.73. The van der Waals surface area contributed by atoms with Crippen LogP contribution in [0.5, 0.6) is 0 Å². The van der Waals surface area contributed by atoms with E-state index in [9.17, 15) is 9.59 Å². The smallest absolute Gasteiger partial charge is 0.320 e. The maximum atomic E-state index is 11.3. The lowest BCUT2D eigenvalue weighted by Crippen LogP contribution is -2.28. The second-order valence-corrected chi connectivity index (χ2v) is 3.01. The molecule has 0 amide bonds. The third kappa shape index (κ3) is 3.30. The second kappa shape index (κ2) is 5.79. The fraction of sp³-hybridized carbons (Fsp3) is 0.400. The SMILES string of the molecule is CCOC(=O)C(Cc1ncccn1)C(=O)O. The van der Waals surface area contributed by atoms with Crippen molar-refractivity contribution in [2.24, 2.45) is 5.92 Å². The monoisotopic (exact) mass is 224 g/mol. The van der Waals surface area contributed by atoms with Crippen LogP contribution >= 0.6 is 0 Å². The van der Waals surface area contributed by atoms with Crippen molar-refractivity contribution in [1.29, 1.82) is 0 Å². The molecule has 1 aromatic rings. The number of hydrogen-bond donors (Lipinski definition) is 1. The standard InChI is InChI=1S/C10H12N2O4/c1-2-16-10(15)7(9(13)14)6-8-11-4-3-5-12-8/h3-5,7H,2,6H2,1H3,(H,13,14). The zero-order valence-electron chi connectivity index (χ0n) is 8.79. The molecule has 0 radical (unpaired) electrons. The topological polar surface area (TPSA) is 89.4 Å². The summed E-state index contributed by atoms with van der Waals surface area (Å²) in [7, 11) is 0. The molecule has 1 heterocycles. The Morgan fingerprint density at radius 1 is 1.44 bits per heavy atom. The van der Waals surface area contributed by atoms with Gasteiger partial charge in [-0.2, -0.15) is 0 Å². The number of ether oxygens (including phenoxy) is 1. The first-order chi connectivity index (χ1) is 7.65. The summed E-state index contributed by atoms with van der Waals surface area (Å²) in [6, 6.07) is 1.61. The van der Waals surface area contributed by atoms with Crippen LogP contribution < -0.4 is 0 Å². The van der Waals surface area contributed by atoms with Gasteiger partial charge in [0.1, 0.15) is 5.82 Å². The van der Waals surface area contributed by atoms with Gasteiger partial charge < -0.3 is 9.84 Å². The fourth-order valence-corrected chi connectivity index (χ4v) is 1.13. The second-order valence-electron chi connectivity index (χ2n) is 3.01. The van der Waals surface area contributed by atoms with E-state index in [0.29, 0.717) is 5.82 Å². The van der Waals surface area contributed by atoms with E-state index >= 15 is 0 Å². The summed E-state index contributed by atoms with van der Waals surface area (Å²) in [4.78, 5) is 29.9. The zero-order chi connectivity index (χ0) is 12.0. The molecule has 1 atom stereocenters. The van der Waals surface area contributed by atoms with Gasteiger partial charge in [-0.15, -0.1) is 0 Å². The number of carboxylic acid groups (broad SMARTS) is 1. The van der Waals surface area contributed by atoms with E-state index in [1.165, 1.54) is 12.4 Å². The molecule has 0 aliphatic rings. The van der Waals surface area contributed by atoms with Crippen molar-refractivity contribution in [3.05, 3.63) is 24.3 Å². The Labute approximate surface area is 92.3 Å². The minimum atomic E-state index is -1.25. The summed E-state index contributed by atoms with van der Waals surface area (Å²) in [5.74, 6) is -2.93. The summed E-state index contributed by atoms with van der Waals surface area (Å²) in [6.07, 6.45) is 2.92. The molecule has 16 heavy (non-hydrogen) atoms. The molecule has 0 bridgehead atoms. The van der Waals surface area contributed by atoms with Crippen LogP contribution in [0.3, 0.4) is 0 Å². The maximum absolute atomic E-state index is 11.3. The average Bonchev–Trinajstić information content (AvgIpc) is 2.27. The van der Waals surface area contributed by atoms with Crippen molar-refractivity contribution in [3.63, 3.8) is 0 Å². The molecule has 1 unspecified atom stereocenters. The van der Waals surface area contributed by atoms with Crippen LogP contribution in [-0.2, 0) is 20.7 Å². The number of carbonyl (C=O) groups is 2. The van der Waals surface area contributed by atoms with Crippen molar-refractivity contribution >= 4 is 11.9 Å². The lowest BCUT2D eigenvalue weighted by atomic mass is 10.1. The average molecular weight is 224 g/mol. The van der Waals surface area contributed by atoms with Crippen LogP contribution in [0, 0.1) is 5.92 Å². The first kappa shape index (κ1) is 12.1. The quantitative estimate of drug-likeness (QED) is 0.571. The Bertz CT molecular complexity index is 366. The van der Waals surface area contributed by atoms with Crippen molar-refractivity contribution in [1.82, 2.24) is 9.97 Å². The molecule has 0 saturated heterocycles. The van der Waals surface area contributed by atoms with E-state index in [4.69, 9.17) is 5.11 Å². The zero-order valence-corrected chi connectivity index (χ0v) is 8.79. The number of aromatic nitrogens is 2.